The second kappa shape index (κ2) is 3.38. The summed E-state index contributed by atoms with van der Waals surface area (Å²) in [4.78, 5) is 0. The molecule has 0 aromatic heterocycles. The second-order valence-corrected chi connectivity index (χ2v) is 5.30. The maximum atomic E-state index is 9.02. The smallest absolute Gasteiger partial charge is 0.225 e. The molecule has 66 valence electrons. The van der Waals surface area contributed by atoms with Crippen molar-refractivity contribution in [2.24, 2.45) is 0 Å². The van der Waals surface area contributed by atoms with Gasteiger partial charge in [0.05, 0.1) is 5.60 Å². The number of rotatable bonds is 0. The highest BCUT2D eigenvalue weighted by Gasteiger charge is 2.24. The maximum Gasteiger partial charge on any atom is 0.225 e. The van der Waals surface area contributed by atoms with Crippen LogP contribution in [0, 0.1) is 0 Å². The predicted octanol–water partition coefficient (Wildman–Crippen LogP) is 3.14. The highest BCUT2D eigenvalue weighted by Crippen LogP contribution is 2.29. The van der Waals surface area contributed by atoms with E-state index >= 15 is 0 Å². The summed E-state index contributed by atoms with van der Waals surface area (Å²) in [5, 5.41) is 9.02. The molecule has 0 aromatic carbocycles. The van der Waals surface area contributed by atoms with E-state index in [2.05, 4.69) is 0 Å². The van der Waals surface area contributed by atoms with E-state index in [1.807, 2.05) is 0 Å². The van der Waals surface area contributed by atoms with Crippen molar-refractivity contribution in [2.75, 3.05) is 0 Å². The monoisotopic (exact) mass is 216 g/mol. The average molecular weight is 218 g/mol. The third-order valence-corrected chi connectivity index (χ3v) is 1.13. The molecule has 0 aliphatic carbocycles. The molecule has 2 nitrogen and oxygen atoms in total. The van der Waals surface area contributed by atoms with Crippen LogP contribution in [0.25, 0.3) is 5.41 Å². The van der Waals surface area contributed by atoms with Crippen LogP contribution >= 0.6 is 34.8 Å². The summed E-state index contributed by atoms with van der Waals surface area (Å²) in [6, 6.07) is 0. The van der Waals surface area contributed by atoms with Crippen molar-refractivity contribution in [3.63, 3.8) is 0 Å². The Bertz CT molecular complexity index is 156. The molecule has 0 saturated carbocycles. The largest absolute Gasteiger partial charge is 0.772 e. The Balaban J connectivity index is 4.11. The van der Waals surface area contributed by atoms with E-state index in [0.717, 1.165) is 0 Å². The predicted molar refractivity (Wildman–Crippen MR) is 49.5 cm³/mol. The Kier molecular flexibility index (Phi) is 3.48. The molecule has 0 unspecified atom stereocenters. The van der Waals surface area contributed by atoms with Crippen molar-refractivity contribution in [3.05, 3.63) is 5.41 Å². The van der Waals surface area contributed by atoms with Crippen LogP contribution in [0.3, 0.4) is 0 Å². The molecule has 11 heavy (non-hydrogen) atoms. The molecule has 0 spiro atoms. The van der Waals surface area contributed by atoms with Crippen LogP contribution in [0.2, 0.25) is 0 Å². The van der Waals surface area contributed by atoms with E-state index in [4.69, 9.17) is 44.9 Å². The Morgan fingerprint density at radius 2 is 1.55 bits per heavy atom. The minimum Gasteiger partial charge on any atom is -0.772 e. The number of alkyl halides is 3. The summed E-state index contributed by atoms with van der Waals surface area (Å²) in [6.07, 6.45) is 0. The van der Waals surface area contributed by atoms with Gasteiger partial charge in [-0.25, -0.2) is 0 Å². The molecular formula is C6H9Cl3NO-. The molecule has 0 rings (SSSR count). The molecule has 0 saturated heterocycles. The van der Waals surface area contributed by atoms with Gasteiger partial charge < -0.3 is 10.1 Å². The lowest BCUT2D eigenvalue weighted by molar-refractivity contribution is 0.116. The van der Waals surface area contributed by atoms with Gasteiger partial charge in [0.25, 0.3) is 0 Å². The van der Waals surface area contributed by atoms with Gasteiger partial charge in [0.1, 0.15) is 0 Å². The van der Waals surface area contributed by atoms with Crippen LogP contribution < -0.4 is 0 Å². The molecule has 0 N–H and O–H groups in total. The van der Waals surface area contributed by atoms with Gasteiger partial charge in [0.2, 0.25) is 3.79 Å². The van der Waals surface area contributed by atoms with Crippen LogP contribution in [-0.4, -0.2) is 15.3 Å². The fourth-order valence-corrected chi connectivity index (χ4v) is 0.464. The lowest BCUT2D eigenvalue weighted by atomic mass is 10.2. The third-order valence-electron chi connectivity index (χ3n) is 0.645. The van der Waals surface area contributed by atoms with Crippen LogP contribution in [0.5, 0.6) is 0 Å². The average Bonchev–Trinajstić information content (AvgIpc) is 1.56. The van der Waals surface area contributed by atoms with Gasteiger partial charge in [-0.05, 0) is 20.8 Å². The van der Waals surface area contributed by atoms with E-state index in [1.54, 1.807) is 20.8 Å². The van der Waals surface area contributed by atoms with Gasteiger partial charge in [0.15, 0.2) is 0 Å². The molecule has 0 radical (unpaired) electrons. The van der Waals surface area contributed by atoms with Crippen molar-refractivity contribution in [2.45, 2.75) is 30.2 Å². The summed E-state index contributed by atoms with van der Waals surface area (Å²) in [5.41, 5.74) is -0.562. The van der Waals surface area contributed by atoms with E-state index in [0.29, 0.717) is 0 Å². The number of ether oxygens (including phenoxy) is 1. The first-order chi connectivity index (χ1) is 4.63. The molecule has 0 amide bonds. The molecule has 0 aliphatic rings. The Hall–Kier alpha value is 0.340. The quantitative estimate of drug-likeness (QED) is 0.348. The molecular weight excluding hydrogens is 208 g/mol. The number of nitrogens with zero attached hydrogens (tertiary/aromatic N) is 1. The molecule has 0 atom stereocenters. The molecule has 0 heterocycles. The SMILES string of the molecule is CC(C)(C)OC(=[N-])C(Cl)(Cl)Cl. The summed E-state index contributed by atoms with van der Waals surface area (Å²) >= 11 is 15.9. The zero-order chi connectivity index (χ0) is 9.28. The van der Waals surface area contributed by atoms with Gasteiger partial charge in [-0.2, -0.15) is 0 Å². The Morgan fingerprint density at radius 1 is 1.18 bits per heavy atom. The van der Waals surface area contributed by atoms with Crippen molar-refractivity contribution < 1.29 is 4.74 Å². The van der Waals surface area contributed by atoms with Gasteiger partial charge in [-0.15, -0.1) is 0 Å². The highest BCUT2D eigenvalue weighted by molar-refractivity contribution is 6.76. The first kappa shape index (κ1) is 11.3. The number of halogens is 3. The van der Waals surface area contributed by atoms with Crippen molar-refractivity contribution in [1.82, 2.24) is 0 Å². The Labute approximate surface area is 81.3 Å². The van der Waals surface area contributed by atoms with E-state index in [1.165, 1.54) is 0 Å². The van der Waals surface area contributed by atoms with Crippen LogP contribution in [0.1, 0.15) is 20.8 Å². The van der Waals surface area contributed by atoms with Crippen molar-refractivity contribution in [3.8, 4) is 0 Å². The van der Waals surface area contributed by atoms with Crippen LogP contribution in [0.4, 0.5) is 0 Å². The van der Waals surface area contributed by atoms with E-state index in [9.17, 15) is 0 Å². The normalized spacial score (nSPS) is 12.9. The summed E-state index contributed by atoms with van der Waals surface area (Å²) in [5.74, 6) is -0.602. The fourth-order valence-electron chi connectivity index (χ4n) is 0.348. The second-order valence-electron chi connectivity index (χ2n) is 3.02. The van der Waals surface area contributed by atoms with E-state index < -0.39 is 15.3 Å². The van der Waals surface area contributed by atoms with Gasteiger partial charge in [-0.3, -0.25) is 0 Å². The topological polar surface area (TPSA) is 31.5 Å². The molecule has 0 aromatic rings. The zero-order valence-electron chi connectivity index (χ0n) is 6.49. The minimum atomic E-state index is -1.87. The Morgan fingerprint density at radius 3 is 1.64 bits per heavy atom. The molecule has 0 bridgehead atoms. The third kappa shape index (κ3) is 5.59. The first-order valence-corrected chi connectivity index (χ1v) is 4.08. The molecule has 0 aliphatic heterocycles. The fraction of sp³-hybridized carbons (Fsp3) is 0.833. The van der Waals surface area contributed by atoms with E-state index in [-0.39, 0.29) is 0 Å². The van der Waals surface area contributed by atoms with Gasteiger partial charge in [0, 0.05) is 5.90 Å². The minimum absolute atomic E-state index is 0.562. The molecule has 0 fully saturated rings. The lowest BCUT2D eigenvalue weighted by Crippen LogP contribution is -2.30. The standard InChI is InChI=1S/C6H9Cl3NO/c1-5(2,3)11-4(10)6(7,8)9/h1-3H3/q-1. The van der Waals surface area contributed by atoms with Crippen LogP contribution in [0.15, 0.2) is 0 Å². The van der Waals surface area contributed by atoms with Crippen molar-refractivity contribution in [1.29, 1.82) is 0 Å². The van der Waals surface area contributed by atoms with Crippen molar-refractivity contribution >= 4 is 40.7 Å². The van der Waals surface area contributed by atoms with Gasteiger partial charge >= 0.3 is 0 Å². The van der Waals surface area contributed by atoms with Crippen LogP contribution in [-0.2, 0) is 4.74 Å². The summed E-state index contributed by atoms with van der Waals surface area (Å²) in [6.45, 7) is 5.21. The highest BCUT2D eigenvalue weighted by atomic mass is 35.6. The molecule has 5 heteroatoms. The van der Waals surface area contributed by atoms with Gasteiger partial charge in [-0.1, -0.05) is 34.8 Å². The number of hydrogen-bond donors (Lipinski definition) is 0. The zero-order valence-corrected chi connectivity index (χ0v) is 8.76. The lowest BCUT2D eigenvalue weighted by Gasteiger charge is -2.30. The summed E-state index contributed by atoms with van der Waals surface area (Å²) in [7, 11) is 0. The number of hydrogen-bond acceptors (Lipinski definition) is 1. The summed E-state index contributed by atoms with van der Waals surface area (Å²) < 4.78 is 3.01. The maximum absolute atomic E-state index is 9.02. The first-order valence-electron chi connectivity index (χ1n) is 2.95.